The number of carbonyl (C=O) groups is 1. The number of carbonyl (C=O) groups excluding carboxylic acids is 1. The normalized spacial score (nSPS) is 15.6. The second kappa shape index (κ2) is 13.0. The van der Waals surface area contributed by atoms with Crippen molar-refractivity contribution < 1.29 is 28.5 Å². The lowest BCUT2D eigenvalue weighted by Crippen LogP contribution is -2.39. The largest absolute Gasteiger partial charge is 0.493 e. The van der Waals surface area contributed by atoms with E-state index >= 15 is 0 Å². The number of hydrogen-bond acceptors (Lipinski definition) is 9. The summed E-state index contributed by atoms with van der Waals surface area (Å²) in [6.07, 6.45) is -0.298. The molecule has 10 heteroatoms. The molecule has 1 aliphatic rings. The number of esters is 1. The van der Waals surface area contributed by atoms with Gasteiger partial charge in [-0.2, -0.15) is 0 Å². The van der Waals surface area contributed by atoms with Gasteiger partial charge in [0.1, 0.15) is 28.1 Å². The number of morpholine rings is 1. The number of aliphatic hydroxyl groups excluding tert-OH is 1. The number of rotatable bonds is 10. The molecule has 40 heavy (non-hydrogen) atoms. The molecule has 4 rings (SSSR count). The van der Waals surface area contributed by atoms with Crippen molar-refractivity contribution in [3.63, 3.8) is 0 Å². The summed E-state index contributed by atoms with van der Waals surface area (Å²) in [4.78, 5) is 19.3. The molecule has 0 amide bonds. The van der Waals surface area contributed by atoms with Gasteiger partial charge in [0.15, 0.2) is 4.34 Å². The fraction of sp³-hybridized carbons (Fsp3) is 0.467. The van der Waals surface area contributed by atoms with E-state index in [2.05, 4.69) is 4.98 Å². The van der Waals surface area contributed by atoms with Crippen LogP contribution in [0.15, 0.2) is 52.2 Å². The molecular weight excluding hydrogens is 551 g/mol. The van der Waals surface area contributed by atoms with Gasteiger partial charge in [-0.15, -0.1) is 11.3 Å². The molecular formula is C30H37FN2O5S2. The maximum atomic E-state index is 13.5. The van der Waals surface area contributed by atoms with Crippen molar-refractivity contribution in [2.45, 2.75) is 62.0 Å². The molecule has 1 unspecified atom stereocenters. The van der Waals surface area contributed by atoms with Crippen molar-refractivity contribution in [2.24, 2.45) is 0 Å². The molecule has 0 saturated carbocycles. The van der Waals surface area contributed by atoms with Crippen LogP contribution in [-0.2, 0) is 20.7 Å². The zero-order valence-corrected chi connectivity index (χ0v) is 25.2. The van der Waals surface area contributed by atoms with Crippen molar-refractivity contribution >= 4 is 29.1 Å². The lowest BCUT2D eigenvalue weighted by molar-refractivity contribution is -0.156. The minimum Gasteiger partial charge on any atom is -0.493 e. The molecule has 2 aromatic carbocycles. The lowest BCUT2D eigenvalue weighted by atomic mass is 10.0. The van der Waals surface area contributed by atoms with Gasteiger partial charge >= 0.3 is 5.97 Å². The third-order valence-electron chi connectivity index (χ3n) is 6.24. The minimum absolute atomic E-state index is 0.277. The highest BCUT2D eigenvalue weighted by molar-refractivity contribution is 8.03. The lowest BCUT2D eigenvalue weighted by Gasteiger charge is -2.32. The zero-order chi connectivity index (χ0) is 28.9. The van der Waals surface area contributed by atoms with Crippen molar-refractivity contribution in [1.29, 1.82) is 0 Å². The van der Waals surface area contributed by atoms with E-state index in [9.17, 15) is 14.3 Å². The Bertz CT molecular complexity index is 1280. The van der Waals surface area contributed by atoms with Crippen LogP contribution in [0.1, 0.15) is 52.1 Å². The number of hydrogen-bond donors (Lipinski definition) is 1. The predicted molar refractivity (Wildman–Crippen MR) is 156 cm³/mol. The summed E-state index contributed by atoms with van der Waals surface area (Å²) in [6, 6.07) is 12.0. The summed E-state index contributed by atoms with van der Waals surface area (Å²) in [6.45, 7) is 11.9. The Morgan fingerprint density at radius 1 is 1.12 bits per heavy atom. The molecule has 0 bridgehead atoms. The highest BCUT2D eigenvalue weighted by Gasteiger charge is 2.34. The molecule has 3 aromatic rings. The van der Waals surface area contributed by atoms with E-state index in [-0.39, 0.29) is 11.8 Å². The second-order valence-electron chi connectivity index (χ2n) is 11.1. The molecule has 1 aliphatic heterocycles. The van der Waals surface area contributed by atoms with Crippen molar-refractivity contribution in [3.05, 3.63) is 64.9 Å². The fourth-order valence-corrected chi connectivity index (χ4v) is 6.36. The topological polar surface area (TPSA) is 81.1 Å². The summed E-state index contributed by atoms with van der Waals surface area (Å²) in [5, 5.41) is 13.2. The summed E-state index contributed by atoms with van der Waals surface area (Å²) in [5.41, 5.74) is 2.68. The maximum Gasteiger partial charge on any atom is 0.322 e. The van der Waals surface area contributed by atoms with Gasteiger partial charge in [-0.3, -0.25) is 9.69 Å². The van der Waals surface area contributed by atoms with Gasteiger partial charge in [-0.05, 0) is 70.0 Å². The second-order valence-corrected chi connectivity index (χ2v) is 13.8. The molecule has 1 atom stereocenters. The predicted octanol–water partition coefficient (Wildman–Crippen LogP) is 6.11. The molecule has 0 aliphatic carbocycles. The molecule has 1 fully saturated rings. The summed E-state index contributed by atoms with van der Waals surface area (Å²) >= 11 is 2.88. The van der Waals surface area contributed by atoms with E-state index in [1.54, 1.807) is 12.1 Å². The molecule has 2 heterocycles. The molecule has 216 valence electrons. The van der Waals surface area contributed by atoms with Crippen molar-refractivity contribution in [3.8, 4) is 16.9 Å². The average molecular weight is 589 g/mol. The Kier molecular flexibility index (Phi) is 9.89. The van der Waals surface area contributed by atoms with Crippen LogP contribution in [0.3, 0.4) is 0 Å². The van der Waals surface area contributed by atoms with E-state index in [0.29, 0.717) is 50.6 Å². The molecule has 1 aromatic heterocycles. The number of benzene rings is 2. The van der Waals surface area contributed by atoms with Crippen LogP contribution in [0.2, 0.25) is 0 Å². The van der Waals surface area contributed by atoms with Gasteiger partial charge in [-0.1, -0.05) is 30.0 Å². The Balaban J connectivity index is 1.44. The average Bonchev–Trinajstić information content (AvgIpc) is 3.34. The monoisotopic (exact) mass is 588 g/mol. The van der Waals surface area contributed by atoms with Gasteiger partial charge in [0.2, 0.25) is 0 Å². The third-order valence-corrected chi connectivity index (χ3v) is 8.40. The quantitative estimate of drug-likeness (QED) is 0.225. The molecule has 0 radical (unpaired) electrons. The first-order valence-electron chi connectivity index (χ1n) is 13.3. The number of aromatic nitrogens is 1. The van der Waals surface area contributed by atoms with E-state index < -0.39 is 16.6 Å². The van der Waals surface area contributed by atoms with Crippen molar-refractivity contribution in [2.75, 3.05) is 32.9 Å². The van der Waals surface area contributed by atoms with Gasteiger partial charge in [0, 0.05) is 30.5 Å². The Morgan fingerprint density at radius 3 is 2.48 bits per heavy atom. The van der Waals surface area contributed by atoms with E-state index in [1.807, 2.05) is 63.1 Å². The smallest absolute Gasteiger partial charge is 0.322 e. The van der Waals surface area contributed by atoms with Crippen LogP contribution in [0, 0.1) is 5.82 Å². The van der Waals surface area contributed by atoms with Crippen LogP contribution in [-0.4, -0.2) is 64.2 Å². The maximum absolute atomic E-state index is 13.5. The van der Waals surface area contributed by atoms with E-state index in [1.165, 1.54) is 35.2 Å². The number of nitrogens with zero attached hydrogens (tertiary/aromatic N) is 2. The highest BCUT2D eigenvalue weighted by atomic mass is 32.2. The van der Waals surface area contributed by atoms with Crippen LogP contribution >= 0.6 is 23.1 Å². The van der Waals surface area contributed by atoms with E-state index in [0.717, 1.165) is 21.2 Å². The Hall–Kier alpha value is -2.50. The number of ether oxygens (including phenoxy) is 3. The molecule has 1 saturated heterocycles. The first kappa shape index (κ1) is 30.5. The first-order chi connectivity index (χ1) is 18.9. The fourth-order valence-electron chi connectivity index (χ4n) is 4.10. The van der Waals surface area contributed by atoms with Crippen LogP contribution in [0.25, 0.3) is 11.1 Å². The number of thioether (sulfide) groups is 1. The third kappa shape index (κ3) is 8.27. The first-order valence-corrected chi connectivity index (χ1v) is 15.0. The molecule has 1 N–H and O–H groups in total. The zero-order valence-electron chi connectivity index (χ0n) is 23.6. The Morgan fingerprint density at radius 2 is 1.80 bits per heavy atom. The minimum atomic E-state index is -0.864. The van der Waals surface area contributed by atoms with E-state index in [4.69, 9.17) is 14.2 Å². The SMILES string of the molecule is CC(C)(C)OC(=O)C(C)(C)Sc1nc(CCOc2ccc(-c3ccc(F)cc3)cc2C(O)N2CCOCC2)cs1. The standard InChI is InChI=1S/C30H37FN2O5S2/c1-29(2,3)38-27(35)30(4,5)40-28-32-23(19-39-28)12-15-37-25-11-8-21(20-6-9-22(31)10-7-20)18-24(25)26(34)33-13-16-36-17-14-33/h6-11,18-19,26,34H,12-17H2,1-5H3. The molecule has 7 nitrogen and oxygen atoms in total. The number of thiazole rings is 1. The van der Waals surface area contributed by atoms with Gasteiger partial charge in [0.25, 0.3) is 0 Å². The van der Waals surface area contributed by atoms with Crippen LogP contribution in [0.5, 0.6) is 5.75 Å². The van der Waals surface area contributed by atoms with Gasteiger partial charge in [-0.25, -0.2) is 9.37 Å². The van der Waals surface area contributed by atoms with Gasteiger partial charge in [0.05, 0.1) is 25.5 Å². The highest BCUT2D eigenvalue weighted by Crippen LogP contribution is 2.37. The van der Waals surface area contributed by atoms with Crippen LogP contribution in [0.4, 0.5) is 4.39 Å². The van der Waals surface area contributed by atoms with Gasteiger partial charge < -0.3 is 19.3 Å². The molecule has 0 spiro atoms. The van der Waals surface area contributed by atoms with Crippen LogP contribution < -0.4 is 4.74 Å². The van der Waals surface area contributed by atoms with Crippen molar-refractivity contribution in [1.82, 2.24) is 9.88 Å². The Labute approximate surface area is 243 Å². The summed E-state index contributed by atoms with van der Waals surface area (Å²) in [7, 11) is 0. The summed E-state index contributed by atoms with van der Waals surface area (Å²) in [5.74, 6) is 0.00976. The number of aliphatic hydroxyl groups is 1. The number of halogens is 1. The summed E-state index contributed by atoms with van der Waals surface area (Å²) < 4.78 is 30.7.